The van der Waals surface area contributed by atoms with Gasteiger partial charge in [-0.25, -0.2) is 0 Å². The first kappa shape index (κ1) is 21.5. The van der Waals surface area contributed by atoms with Crippen LogP contribution >= 0.6 is 23.7 Å². The zero-order chi connectivity index (χ0) is 19.0. The van der Waals surface area contributed by atoms with Crippen molar-refractivity contribution in [3.8, 4) is 0 Å². The maximum Gasteiger partial charge on any atom is 0.261 e. The van der Waals surface area contributed by atoms with E-state index >= 15 is 0 Å². The van der Waals surface area contributed by atoms with Gasteiger partial charge in [0, 0.05) is 24.5 Å². The number of piperidine rings is 1. The Balaban J connectivity index is 0.00000225. The van der Waals surface area contributed by atoms with Crippen molar-refractivity contribution in [3.63, 3.8) is 0 Å². The van der Waals surface area contributed by atoms with Crippen LogP contribution in [0.5, 0.6) is 0 Å². The molecule has 0 bridgehead atoms. The van der Waals surface area contributed by atoms with Gasteiger partial charge < -0.3 is 25.8 Å². The van der Waals surface area contributed by atoms with Crippen LogP contribution in [0.2, 0.25) is 0 Å². The van der Waals surface area contributed by atoms with Gasteiger partial charge in [0.05, 0.1) is 18.1 Å². The Morgan fingerprint density at radius 3 is 2.75 bits per heavy atom. The summed E-state index contributed by atoms with van der Waals surface area (Å²) in [5.74, 6) is 0.457. The molecule has 2 aliphatic heterocycles. The number of nitrogens with one attached hydrogen (secondary N) is 1. The molecule has 2 amide bonds. The second kappa shape index (κ2) is 8.67. The van der Waals surface area contributed by atoms with E-state index in [-0.39, 0.29) is 30.8 Å². The second-order valence-electron chi connectivity index (χ2n) is 7.83. The standard InChI is InChI=1S/C19H27N3O4S.ClH/c20-14(11-23)18(25)22-6-4-19(5-7-22)16-13(3-8-26-19)9-15(27-16)17(24)21-10-12-1-2-12;/h9,12,14,23H,1-8,10-11,20H2,(H,21,24);1H/t14-;/m0./s1. The van der Waals surface area contributed by atoms with Gasteiger partial charge in [-0.1, -0.05) is 0 Å². The Bertz CT molecular complexity index is 729. The lowest BCUT2D eigenvalue weighted by Crippen LogP contribution is -2.52. The minimum atomic E-state index is -0.856. The average Bonchev–Trinajstić information content (AvgIpc) is 3.41. The molecule has 7 nitrogen and oxygen atoms in total. The number of carbonyl (C=O) groups excluding carboxylic acids is 2. The Hall–Kier alpha value is -1.19. The van der Waals surface area contributed by atoms with Gasteiger partial charge in [0.15, 0.2) is 0 Å². The van der Waals surface area contributed by atoms with Crippen LogP contribution in [0.1, 0.15) is 45.8 Å². The summed E-state index contributed by atoms with van der Waals surface area (Å²) in [6, 6.07) is 1.16. The number of aliphatic hydroxyl groups is 1. The van der Waals surface area contributed by atoms with Gasteiger partial charge in [0.1, 0.15) is 11.6 Å². The van der Waals surface area contributed by atoms with Crippen LogP contribution in [0.15, 0.2) is 6.07 Å². The number of ether oxygens (including phenoxy) is 1. The van der Waals surface area contributed by atoms with E-state index in [4.69, 9.17) is 15.6 Å². The minimum absolute atomic E-state index is 0. The normalized spacial score (nSPS) is 21.6. The number of fused-ring (bicyclic) bond motifs is 2. The van der Waals surface area contributed by atoms with Crippen LogP contribution in [-0.4, -0.2) is 60.7 Å². The molecule has 0 unspecified atom stereocenters. The predicted octanol–water partition coefficient (Wildman–Crippen LogP) is 1.02. The maximum absolute atomic E-state index is 12.5. The number of likely N-dealkylation sites (tertiary alicyclic amines) is 1. The van der Waals surface area contributed by atoms with E-state index < -0.39 is 11.6 Å². The van der Waals surface area contributed by atoms with E-state index in [0.29, 0.717) is 38.5 Å². The summed E-state index contributed by atoms with van der Waals surface area (Å²) in [6.07, 6.45) is 4.63. The molecular formula is C19H28ClN3O4S. The SMILES string of the molecule is Cl.N[C@@H](CO)C(=O)N1CCC2(CC1)OCCc1cc(C(=O)NCC3CC3)sc12. The highest BCUT2D eigenvalue weighted by molar-refractivity contribution is 7.14. The maximum atomic E-state index is 12.5. The largest absolute Gasteiger partial charge is 0.394 e. The topological polar surface area (TPSA) is 105 Å². The predicted molar refractivity (Wildman–Crippen MR) is 109 cm³/mol. The van der Waals surface area contributed by atoms with Crippen molar-refractivity contribution in [1.82, 2.24) is 10.2 Å². The molecule has 1 atom stereocenters. The summed E-state index contributed by atoms with van der Waals surface area (Å²) in [5.41, 5.74) is 6.46. The number of nitrogens with two attached hydrogens (primary N) is 1. The van der Waals surface area contributed by atoms with Crippen molar-refractivity contribution in [2.24, 2.45) is 11.7 Å². The van der Waals surface area contributed by atoms with Crippen molar-refractivity contribution in [2.45, 2.75) is 43.7 Å². The number of thiophene rings is 1. The third kappa shape index (κ3) is 4.21. The third-order valence-electron chi connectivity index (χ3n) is 5.84. The fraction of sp³-hybridized carbons (Fsp3) is 0.684. The monoisotopic (exact) mass is 429 g/mol. The number of aliphatic hydroxyl groups excluding tert-OH is 1. The Morgan fingerprint density at radius 1 is 1.39 bits per heavy atom. The number of carbonyl (C=O) groups is 2. The fourth-order valence-corrected chi connectivity index (χ4v) is 5.28. The molecule has 1 aromatic heterocycles. The smallest absolute Gasteiger partial charge is 0.261 e. The number of hydrogen-bond acceptors (Lipinski definition) is 6. The highest BCUT2D eigenvalue weighted by Crippen LogP contribution is 2.45. The summed E-state index contributed by atoms with van der Waals surface area (Å²) in [4.78, 5) is 28.3. The summed E-state index contributed by atoms with van der Waals surface area (Å²) >= 11 is 1.54. The lowest BCUT2D eigenvalue weighted by Gasteiger charge is -2.44. The van der Waals surface area contributed by atoms with Crippen LogP contribution in [-0.2, 0) is 21.6 Å². The Labute approximate surface area is 175 Å². The first-order valence-corrected chi connectivity index (χ1v) is 10.5. The van der Waals surface area contributed by atoms with Gasteiger partial charge in [-0.3, -0.25) is 9.59 Å². The molecule has 1 saturated heterocycles. The summed E-state index contributed by atoms with van der Waals surface area (Å²) in [6.45, 7) is 2.16. The number of halogens is 1. The highest BCUT2D eigenvalue weighted by atomic mass is 35.5. The average molecular weight is 430 g/mol. The van der Waals surface area contributed by atoms with Crippen molar-refractivity contribution < 1.29 is 19.4 Å². The van der Waals surface area contributed by atoms with Gasteiger partial charge in [-0.2, -0.15) is 0 Å². The van der Waals surface area contributed by atoms with Crippen LogP contribution in [0.25, 0.3) is 0 Å². The molecular weight excluding hydrogens is 402 g/mol. The van der Waals surface area contributed by atoms with Crippen molar-refractivity contribution >= 4 is 35.6 Å². The molecule has 4 rings (SSSR count). The number of nitrogens with zero attached hydrogens (tertiary/aromatic N) is 1. The van der Waals surface area contributed by atoms with Crippen molar-refractivity contribution in [3.05, 3.63) is 21.4 Å². The molecule has 0 radical (unpaired) electrons. The molecule has 3 aliphatic rings. The van der Waals surface area contributed by atoms with E-state index in [1.165, 1.54) is 29.7 Å². The zero-order valence-electron chi connectivity index (χ0n) is 15.8. The summed E-state index contributed by atoms with van der Waals surface area (Å²) in [7, 11) is 0. The summed E-state index contributed by atoms with van der Waals surface area (Å²) < 4.78 is 6.21. The van der Waals surface area contributed by atoms with Crippen molar-refractivity contribution in [1.29, 1.82) is 0 Å². The van der Waals surface area contributed by atoms with Gasteiger partial charge in [-0.05, 0) is 49.7 Å². The van der Waals surface area contributed by atoms with E-state index in [9.17, 15) is 9.59 Å². The minimum Gasteiger partial charge on any atom is -0.394 e. The highest BCUT2D eigenvalue weighted by Gasteiger charge is 2.44. The quantitative estimate of drug-likeness (QED) is 0.648. The molecule has 0 aromatic carbocycles. The molecule has 28 heavy (non-hydrogen) atoms. The zero-order valence-corrected chi connectivity index (χ0v) is 17.4. The van der Waals surface area contributed by atoms with Gasteiger partial charge in [0.2, 0.25) is 5.91 Å². The first-order chi connectivity index (χ1) is 13.0. The molecule has 3 heterocycles. The number of hydrogen-bond donors (Lipinski definition) is 3. The van der Waals surface area contributed by atoms with Gasteiger partial charge in [-0.15, -0.1) is 23.7 Å². The number of amides is 2. The molecule has 1 spiro atoms. The van der Waals surface area contributed by atoms with E-state index in [1.54, 1.807) is 4.90 Å². The second-order valence-corrected chi connectivity index (χ2v) is 8.88. The van der Waals surface area contributed by atoms with E-state index in [2.05, 4.69) is 5.32 Å². The molecule has 9 heteroatoms. The lowest BCUT2D eigenvalue weighted by atomic mass is 9.85. The molecule has 4 N–H and O–H groups in total. The van der Waals surface area contributed by atoms with Crippen molar-refractivity contribution in [2.75, 3.05) is 32.8 Å². The summed E-state index contributed by atoms with van der Waals surface area (Å²) in [5, 5.41) is 12.2. The molecule has 156 valence electrons. The molecule has 1 aliphatic carbocycles. The van der Waals surface area contributed by atoms with Crippen LogP contribution in [0, 0.1) is 5.92 Å². The molecule has 1 saturated carbocycles. The molecule has 2 fully saturated rings. The number of rotatable bonds is 5. The van der Waals surface area contributed by atoms with E-state index in [1.807, 2.05) is 6.07 Å². The Morgan fingerprint density at radius 2 is 2.11 bits per heavy atom. The van der Waals surface area contributed by atoms with Crippen LogP contribution in [0.4, 0.5) is 0 Å². The van der Waals surface area contributed by atoms with Crippen LogP contribution < -0.4 is 11.1 Å². The van der Waals surface area contributed by atoms with Gasteiger partial charge in [0.25, 0.3) is 5.91 Å². The van der Waals surface area contributed by atoms with Gasteiger partial charge >= 0.3 is 0 Å². The lowest BCUT2D eigenvalue weighted by molar-refractivity contribution is -0.142. The Kier molecular flexibility index (Phi) is 6.66. The fourth-order valence-electron chi connectivity index (χ4n) is 3.95. The van der Waals surface area contributed by atoms with E-state index in [0.717, 1.165) is 22.7 Å². The molecule has 1 aromatic rings. The van der Waals surface area contributed by atoms with Crippen LogP contribution in [0.3, 0.4) is 0 Å². The first-order valence-electron chi connectivity index (χ1n) is 9.73. The third-order valence-corrected chi connectivity index (χ3v) is 7.20.